The lowest BCUT2D eigenvalue weighted by molar-refractivity contribution is -0.274. The van der Waals surface area contributed by atoms with Gasteiger partial charge < -0.3 is 10.1 Å². The molecule has 0 saturated heterocycles. The number of nitrogens with zero attached hydrogens (tertiary/aromatic N) is 1. The first-order valence-corrected chi connectivity index (χ1v) is 6.42. The minimum atomic E-state index is -4.75. The van der Waals surface area contributed by atoms with Gasteiger partial charge in [-0.1, -0.05) is 12.1 Å². The number of rotatable bonds is 4. The molecular weight excluding hydrogens is 297 g/mol. The van der Waals surface area contributed by atoms with Crippen molar-refractivity contribution in [2.45, 2.75) is 19.3 Å². The molecule has 0 spiro atoms. The third kappa shape index (κ3) is 4.47. The van der Waals surface area contributed by atoms with Crippen LogP contribution in [0.2, 0.25) is 0 Å². The molecule has 116 valence electrons. The molecule has 0 aliphatic carbocycles. The molecule has 1 unspecified atom stereocenters. The summed E-state index contributed by atoms with van der Waals surface area (Å²) < 4.78 is 40.5. The third-order valence-electron chi connectivity index (χ3n) is 2.88. The van der Waals surface area contributed by atoms with Crippen molar-refractivity contribution >= 4 is 5.91 Å². The van der Waals surface area contributed by atoms with E-state index in [1.54, 1.807) is 25.1 Å². The quantitative estimate of drug-likeness (QED) is 0.940. The van der Waals surface area contributed by atoms with Gasteiger partial charge in [0.2, 0.25) is 0 Å². The van der Waals surface area contributed by atoms with Crippen LogP contribution >= 0.6 is 0 Å². The van der Waals surface area contributed by atoms with Crippen LogP contribution in [0.25, 0.3) is 0 Å². The number of nitrogens with one attached hydrogen (secondary N) is 1. The molecule has 0 bridgehead atoms. The molecule has 1 aromatic heterocycles. The molecule has 2 rings (SSSR count). The molecule has 1 aromatic carbocycles. The molecule has 1 amide bonds. The predicted octanol–water partition coefficient (Wildman–Crippen LogP) is 3.47. The average Bonchev–Trinajstić information content (AvgIpc) is 2.46. The molecule has 1 heterocycles. The summed E-state index contributed by atoms with van der Waals surface area (Å²) in [7, 11) is 0. The van der Waals surface area contributed by atoms with E-state index in [4.69, 9.17) is 0 Å². The van der Waals surface area contributed by atoms with E-state index in [9.17, 15) is 18.0 Å². The predicted molar refractivity (Wildman–Crippen MR) is 73.2 cm³/mol. The van der Waals surface area contributed by atoms with Crippen LogP contribution < -0.4 is 10.1 Å². The smallest absolute Gasteiger partial charge is 0.406 e. The summed E-state index contributed by atoms with van der Waals surface area (Å²) in [5, 5.41) is 2.70. The molecular formula is C15H13F3N2O2. The van der Waals surface area contributed by atoms with Gasteiger partial charge in [-0.2, -0.15) is 0 Å². The fourth-order valence-corrected chi connectivity index (χ4v) is 1.85. The first kappa shape index (κ1) is 15.8. The lowest BCUT2D eigenvalue weighted by Gasteiger charge is -2.16. The standard InChI is InChI=1S/C15H13F3N2O2/c1-10(20-14(21)11-5-7-19-8-6-11)12-3-2-4-13(9-12)22-15(16,17)18/h2-10H,1H3,(H,20,21). The Bertz CT molecular complexity index is 645. The summed E-state index contributed by atoms with van der Waals surface area (Å²) in [5.41, 5.74) is 0.925. The Morgan fingerprint density at radius 3 is 2.55 bits per heavy atom. The molecule has 1 N–H and O–H groups in total. The maximum atomic E-state index is 12.2. The average molecular weight is 310 g/mol. The molecule has 7 heteroatoms. The molecule has 4 nitrogen and oxygen atoms in total. The van der Waals surface area contributed by atoms with Crippen LogP contribution in [0.1, 0.15) is 28.9 Å². The first-order chi connectivity index (χ1) is 10.3. The Hall–Kier alpha value is -2.57. The topological polar surface area (TPSA) is 51.2 Å². The summed E-state index contributed by atoms with van der Waals surface area (Å²) in [6.07, 6.45) is -1.78. The number of aromatic nitrogens is 1. The van der Waals surface area contributed by atoms with Crippen LogP contribution in [-0.4, -0.2) is 17.3 Å². The molecule has 22 heavy (non-hydrogen) atoms. The van der Waals surface area contributed by atoms with Gasteiger partial charge in [0.1, 0.15) is 5.75 Å². The molecule has 0 aliphatic rings. The number of ether oxygens (including phenoxy) is 1. The summed E-state index contributed by atoms with van der Waals surface area (Å²) >= 11 is 0. The molecule has 2 aromatic rings. The highest BCUT2D eigenvalue weighted by Crippen LogP contribution is 2.25. The highest BCUT2D eigenvalue weighted by molar-refractivity contribution is 5.94. The van der Waals surface area contributed by atoms with E-state index in [1.165, 1.54) is 30.6 Å². The Labute approximate surface area is 124 Å². The second kappa shape index (κ2) is 6.46. The maximum absolute atomic E-state index is 12.2. The van der Waals surface area contributed by atoms with Crippen LogP contribution in [0.3, 0.4) is 0 Å². The third-order valence-corrected chi connectivity index (χ3v) is 2.88. The summed E-state index contributed by atoms with van der Waals surface area (Å²) in [6.45, 7) is 1.67. The minimum Gasteiger partial charge on any atom is -0.406 e. The van der Waals surface area contributed by atoms with Gasteiger partial charge in [-0.25, -0.2) is 0 Å². The zero-order chi connectivity index (χ0) is 16.2. The number of amides is 1. The highest BCUT2D eigenvalue weighted by Gasteiger charge is 2.31. The van der Waals surface area contributed by atoms with Crippen LogP contribution in [-0.2, 0) is 0 Å². The number of carbonyl (C=O) groups excluding carboxylic acids is 1. The number of pyridine rings is 1. The number of halogens is 3. The van der Waals surface area contributed by atoms with Crippen molar-refractivity contribution in [3.8, 4) is 5.75 Å². The normalized spacial score (nSPS) is 12.5. The molecule has 0 radical (unpaired) electrons. The van der Waals surface area contributed by atoms with E-state index in [1.807, 2.05) is 0 Å². The van der Waals surface area contributed by atoms with Crippen molar-refractivity contribution in [3.63, 3.8) is 0 Å². The van der Waals surface area contributed by atoms with Crippen molar-refractivity contribution in [2.75, 3.05) is 0 Å². The van der Waals surface area contributed by atoms with Gasteiger partial charge in [0, 0.05) is 18.0 Å². The van der Waals surface area contributed by atoms with E-state index in [0.29, 0.717) is 11.1 Å². The monoisotopic (exact) mass is 310 g/mol. The summed E-state index contributed by atoms with van der Waals surface area (Å²) in [6, 6.07) is 8.11. The summed E-state index contributed by atoms with van der Waals surface area (Å²) in [4.78, 5) is 15.8. The second-order valence-electron chi connectivity index (χ2n) is 4.55. The highest BCUT2D eigenvalue weighted by atomic mass is 19.4. The minimum absolute atomic E-state index is 0.324. The van der Waals surface area contributed by atoms with Gasteiger partial charge in [0.05, 0.1) is 6.04 Å². The second-order valence-corrected chi connectivity index (χ2v) is 4.55. The Balaban J connectivity index is 2.08. The van der Waals surface area contributed by atoms with Gasteiger partial charge in [-0.15, -0.1) is 13.2 Å². The number of benzene rings is 1. The number of hydrogen-bond donors (Lipinski definition) is 1. The van der Waals surface area contributed by atoms with E-state index in [-0.39, 0.29) is 11.7 Å². The van der Waals surface area contributed by atoms with Crippen LogP contribution in [0.5, 0.6) is 5.75 Å². The Kier molecular flexibility index (Phi) is 4.65. The Morgan fingerprint density at radius 2 is 1.91 bits per heavy atom. The van der Waals surface area contributed by atoms with Gasteiger partial charge in [0.25, 0.3) is 5.91 Å². The first-order valence-electron chi connectivity index (χ1n) is 6.42. The maximum Gasteiger partial charge on any atom is 0.573 e. The molecule has 0 fully saturated rings. The van der Waals surface area contributed by atoms with Gasteiger partial charge in [0.15, 0.2) is 0 Å². The van der Waals surface area contributed by atoms with Crippen molar-refractivity contribution < 1.29 is 22.7 Å². The molecule has 1 atom stereocenters. The molecule has 0 aliphatic heterocycles. The lowest BCUT2D eigenvalue weighted by Crippen LogP contribution is -2.26. The fourth-order valence-electron chi connectivity index (χ4n) is 1.85. The van der Waals surface area contributed by atoms with Gasteiger partial charge in [-0.3, -0.25) is 9.78 Å². The zero-order valence-electron chi connectivity index (χ0n) is 11.6. The zero-order valence-corrected chi connectivity index (χ0v) is 11.6. The van der Waals surface area contributed by atoms with Crippen molar-refractivity contribution in [1.82, 2.24) is 10.3 Å². The Morgan fingerprint density at radius 1 is 1.23 bits per heavy atom. The lowest BCUT2D eigenvalue weighted by atomic mass is 10.1. The van der Waals surface area contributed by atoms with Crippen LogP contribution in [0.15, 0.2) is 48.8 Å². The van der Waals surface area contributed by atoms with Gasteiger partial charge >= 0.3 is 6.36 Å². The number of hydrogen-bond acceptors (Lipinski definition) is 3. The van der Waals surface area contributed by atoms with E-state index in [0.717, 1.165) is 0 Å². The van der Waals surface area contributed by atoms with Crippen LogP contribution in [0, 0.1) is 0 Å². The number of carbonyl (C=O) groups is 1. The number of alkyl halides is 3. The molecule has 0 saturated carbocycles. The van der Waals surface area contributed by atoms with E-state index < -0.39 is 12.4 Å². The van der Waals surface area contributed by atoms with E-state index in [2.05, 4.69) is 15.0 Å². The summed E-state index contributed by atoms with van der Waals surface area (Å²) in [5.74, 6) is -0.660. The van der Waals surface area contributed by atoms with Crippen molar-refractivity contribution in [1.29, 1.82) is 0 Å². The van der Waals surface area contributed by atoms with Crippen LogP contribution in [0.4, 0.5) is 13.2 Å². The SMILES string of the molecule is CC(NC(=O)c1ccncc1)c1cccc(OC(F)(F)F)c1. The van der Waals surface area contributed by atoms with Gasteiger partial charge in [-0.05, 0) is 36.8 Å². The van der Waals surface area contributed by atoms with E-state index >= 15 is 0 Å². The fraction of sp³-hybridized carbons (Fsp3) is 0.200. The largest absolute Gasteiger partial charge is 0.573 e. The van der Waals surface area contributed by atoms with Crippen molar-refractivity contribution in [2.24, 2.45) is 0 Å². The van der Waals surface area contributed by atoms with Crippen molar-refractivity contribution in [3.05, 3.63) is 59.9 Å².